The van der Waals surface area contributed by atoms with Crippen molar-refractivity contribution < 1.29 is 23.0 Å². The monoisotopic (exact) mass is 482 g/mol. The number of rotatable bonds is 10. The molecule has 0 saturated carbocycles. The molecule has 31 heavy (non-hydrogen) atoms. The molecule has 3 N–H and O–H groups in total. The molecule has 1 atom stereocenters. The molecule has 0 aliphatic carbocycles. The van der Waals surface area contributed by atoms with E-state index >= 15 is 0 Å². The second-order valence-corrected chi connectivity index (χ2v) is 7.70. The number of ether oxygens (including phenoxy) is 1. The normalized spacial score (nSPS) is 12.9. The number of hydrogen-bond donors (Lipinski definition) is 2. The highest BCUT2D eigenvalue weighted by Crippen LogP contribution is 2.34. The van der Waals surface area contributed by atoms with Gasteiger partial charge in [-0.15, -0.1) is 10.2 Å². The van der Waals surface area contributed by atoms with Gasteiger partial charge in [0.25, 0.3) is 0 Å². The zero-order valence-electron chi connectivity index (χ0n) is 16.9. The van der Waals surface area contributed by atoms with Crippen LogP contribution in [0.3, 0.4) is 0 Å². The van der Waals surface area contributed by atoms with E-state index in [9.17, 15) is 18.3 Å². The highest BCUT2D eigenvalue weighted by molar-refractivity contribution is 6.43. The molecule has 0 amide bonds. The summed E-state index contributed by atoms with van der Waals surface area (Å²) >= 11 is 12.2. The van der Waals surface area contributed by atoms with Crippen molar-refractivity contribution >= 4 is 35.0 Å². The average Bonchev–Trinajstić information content (AvgIpc) is 2.67. The summed E-state index contributed by atoms with van der Waals surface area (Å²) in [6.07, 6.45) is -5.47. The average molecular weight is 483 g/mol. The summed E-state index contributed by atoms with van der Waals surface area (Å²) in [5, 5.41) is 18.6. The summed E-state index contributed by atoms with van der Waals surface area (Å²) in [6.45, 7) is -0.739. The number of nitrogen functional groups attached to an aromatic ring is 1. The van der Waals surface area contributed by atoms with Crippen LogP contribution >= 0.6 is 23.2 Å². The van der Waals surface area contributed by atoms with Crippen LogP contribution in [0.5, 0.6) is 0 Å². The van der Waals surface area contributed by atoms with Crippen molar-refractivity contribution in [3.8, 4) is 11.3 Å². The predicted octanol–water partition coefficient (Wildman–Crippen LogP) is 2.74. The van der Waals surface area contributed by atoms with Crippen LogP contribution in [0.1, 0.15) is 0 Å². The maximum Gasteiger partial charge on any atom is 0.411 e. The van der Waals surface area contributed by atoms with Crippen LogP contribution in [0, 0.1) is 0 Å². The molecule has 0 unspecified atom stereocenters. The Kier molecular flexibility index (Phi) is 9.07. The van der Waals surface area contributed by atoms with Gasteiger partial charge in [0.1, 0.15) is 12.3 Å². The number of likely N-dealkylation sites (N-methyl/N-ethyl adjacent to an activating group) is 2. The van der Waals surface area contributed by atoms with Crippen LogP contribution in [0.25, 0.3) is 11.3 Å². The summed E-state index contributed by atoms with van der Waals surface area (Å²) in [7, 11) is 3.46. The van der Waals surface area contributed by atoms with E-state index in [1.54, 1.807) is 42.1 Å². The van der Waals surface area contributed by atoms with Gasteiger partial charge in [-0.05, 0) is 13.1 Å². The summed E-state index contributed by atoms with van der Waals surface area (Å²) in [4.78, 5) is 7.71. The number of anilines is 2. The molecule has 0 fully saturated rings. The fraction of sp³-hybridized carbons (Fsp3) is 0.500. The van der Waals surface area contributed by atoms with Gasteiger partial charge in [-0.1, -0.05) is 35.3 Å². The predicted molar refractivity (Wildman–Crippen MR) is 113 cm³/mol. The van der Waals surface area contributed by atoms with Gasteiger partial charge in [0.05, 0.1) is 22.8 Å². The molecule has 0 radical (unpaired) electrons. The Balaban J connectivity index is 1.89. The van der Waals surface area contributed by atoms with E-state index in [4.69, 9.17) is 28.9 Å². The Morgan fingerprint density at radius 2 is 1.90 bits per heavy atom. The summed E-state index contributed by atoms with van der Waals surface area (Å²) in [5.74, 6) is 0.411. The minimum absolute atomic E-state index is 0.131. The zero-order chi connectivity index (χ0) is 23.2. The van der Waals surface area contributed by atoms with E-state index in [0.29, 0.717) is 34.4 Å². The van der Waals surface area contributed by atoms with E-state index in [0.717, 1.165) is 0 Å². The van der Waals surface area contributed by atoms with E-state index in [2.05, 4.69) is 19.9 Å². The molecule has 0 saturated heterocycles. The molecule has 1 heterocycles. The molecule has 1 aromatic carbocycles. The van der Waals surface area contributed by atoms with Crippen molar-refractivity contribution in [3.05, 3.63) is 28.2 Å². The topological polar surface area (TPSA) is 101 Å². The fourth-order valence-electron chi connectivity index (χ4n) is 2.60. The first-order chi connectivity index (χ1) is 14.5. The molecule has 0 aliphatic rings. The zero-order valence-corrected chi connectivity index (χ0v) is 18.4. The molecule has 2 aromatic rings. The van der Waals surface area contributed by atoms with Gasteiger partial charge < -0.3 is 25.4 Å². The molecule has 2 rings (SSSR count). The maximum absolute atomic E-state index is 12.1. The number of benzene rings is 1. The number of aliphatic hydroxyl groups is 1. The smallest absolute Gasteiger partial charge is 0.389 e. The maximum atomic E-state index is 12.1. The third kappa shape index (κ3) is 7.93. The first kappa shape index (κ1) is 25.3. The lowest BCUT2D eigenvalue weighted by atomic mass is 10.1. The Morgan fingerprint density at radius 1 is 1.19 bits per heavy atom. The van der Waals surface area contributed by atoms with Gasteiger partial charge in [0, 0.05) is 32.2 Å². The van der Waals surface area contributed by atoms with Gasteiger partial charge in [-0.25, -0.2) is 0 Å². The van der Waals surface area contributed by atoms with E-state index in [1.165, 1.54) is 0 Å². The Morgan fingerprint density at radius 3 is 2.55 bits per heavy atom. The standard InChI is InChI=1S/C18H23Cl2F3N6O2/c1-28(8-11(30)9-31-10-18(21,22)23)6-7-29(2)17-25-16(24)15(26-27-17)12-4-3-5-13(19)14(12)20/h3-5,11,30H,6-10H2,1-2H3,(H2,24,25,27)/t11-/m1/s1. The van der Waals surface area contributed by atoms with Crippen molar-refractivity contribution in [1.29, 1.82) is 0 Å². The molecule has 172 valence electrons. The lowest BCUT2D eigenvalue weighted by Crippen LogP contribution is -2.38. The molecular weight excluding hydrogens is 460 g/mol. The van der Waals surface area contributed by atoms with Gasteiger partial charge >= 0.3 is 6.18 Å². The number of alkyl halides is 3. The van der Waals surface area contributed by atoms with Gasteiger partial charge in [-0.3, -0.25) is 0 Å². The molecular formula is C18H23Cl2F3N6O2. The first-order valence-corrected chi connectivity index (χ1v) is 9.90. The summed E-state index contributed by atoms with van der Waals surface area (Å²) in [5.41, 5.74) is 6.85. The van der Waals surface area contributed by atoms with Crippen molar-refractivity contribution in [1.82, 2.24) is 20.1 Å². The molecule has 13 heteroatoms. The van der Waals surface area contributed by atoms with Crippen molar-refractivity contribution in [2.24, 2.45) is 0 Å². The quantitative estimate of drug-likeness (QED) is 0.532. The van der Waals surface area contributed by atoms with Crippen molar-refractivity contribution in [3.63, 3.8) is 0 Å². The van der Waals surface area contributed by atoms with Crippen LogP contribution < -0.4 is 10.6 Å². The minimum Gasteiger partial charge on any atom is -0.389 e. The Labute approximate surface area is 187 Å². The summed E-state index contributed by atoms with van der Waals surface area (Å²) < 4.78 is 40.7. The second kappa shape index (κ2) is 11.1. The number of nitrogens with zero attached hydrogens (tertiary/aromatic N) is 5. The van der Waals surface area contributed by atoms with Crippen LogP contribution in [0.15, 0.2) is 18.2 Å². The third-order valence-electron chi connectivity index (χ3n) is 4.17. The van der Waals surface area contributed by atoms with Crippen LogP contribution in [0.4, 0.5) is 24.9 Å². The van der Waals surface area contributed by atoms with Crippen LogP contribution in [-0.4, -0.2) is 84.4 Å². The minimum atomic E-state index is -4.42. The van der Waals surface area contributed by atoms with Gasteiger partial charge in [0.15, 0.2) is 5.82 Å². The largest absolute Gasteiger partial charge is 0.411 e. The number of nitrogens with two attached hydrogens (primary N) is 1. The van der Waals surface area contributed by atoms with E-state index in [1.807, 2.05) is 0 Å². The van der Waals surface area contributed by atoms with Crippen molar-refractivity contribution in [2.75, 3.05) is 57.6 Å². The lowest BCUT2D eigenvalue weighted by Gasteiger charge is -2.24. The molecule has 1 aromatic heterocycles. The third-order valence-corrected chi connectivity index (χ3v) is 4.99. The highest BCUT2D eigenvalue weighted by Gasteiger charge is 2.27. The molecule has 0 bridgehead atoms. The van der Waals surface area contributed by atoms with Crippen LogP contribution in [-0.2, 0) is 4.74 Å². The number of aromatic nitrogens is 3. The SMILES string of the molecule is CN(CCN(C)c1nnc(-c2cccc(Cl)c2Cl)c(N)n1)C[C@@H](O)COCC(F)(F)F. The fourth-order valence-corrected chi connectivity index (χ4v) is 2.99. The Bertz CT molecular complexity index is 875. The first-order valence-electron chi connectivity index (χ1n) is 9.14. The van der Waals surface area contributed by atoms with Crippen molar-refractivity contribution in [2.45, 2.75) is 12.3 Å². The summed E-state index contributed by atoms with van der Waals surface area (Å²) in [6, 6.07) is 5.06. The van der Waals surface area contributed by atoms with Gasteiger partial charge in [-0.2, -0.15) is 18.2 Å². The molecule has 0 aliphatic heterocycles. The number of halogens is 5. The van der Waals surface area contributed by atoms with E-state index in [-0.39, 0.29) is 18.3 Å². The van der Waals surface area contributed by atoms with E-state index < -0.39 is 25.5 Å². The Hall–Kier alpha value is -1.92. The molecule has 0 spiro atoms. The number of hydrogen-bond acceptors (Lipinski definition) is 8. The van der Waals surface area contributed by atoms with Crippen LogP contribution in [0.2, 0.25) is 10.0 Å². The second-order valence-electron chi connectivity index (χ2n) is 6.91. The number of aliphatic hydroxyl groups excluding tert-OH is 1. The molecule has 8 nitrogen and oxygen atoms in total. The van der Waals surface area contributed by atoms with Gasteiger partial charge in [0.2, 0.25) is 5.95 Å². The highest BCUT2D eigenvalue weighted by atomic mass is 35.5. The lowest BCUT2D eigenvalue weighted by molar-refractivity contribution is -0.179.